The van der Waals surface area contributed by atoms with Crippen LogP contribution in [0.1, 0.15) is 0 Å². The van der Waals surface area contributed by atoms with Crippen LogP contribution < -0.4 is 0 Å². The number of fused-ring (bicyclic) bond motifs is 10. The van der Waals surface area contributed by atoms with Gasteiger partial charge in [0, 0.05) is 35.4 Å². The summed E-state index contributed by atoms with van der Waals surface area (Å²) >= 11 is 5.73. The van der Waals surface area contributed by atoms with Crippen molar-refractivity contribution in [3.05, 3.63) is 83.3 Å². The summed E-state index contributed by atoms with van der Waals surface area (Å²) in [5.41, 5.74) is 0. The summed E-state index contributed by atoms with van der Waals surface area (Å²) in [4.78, 5) is 0. The Hall–Kier alpha value is -2.42. The van der Waals surface area contributed by atoms with Gasteiger partial charge in [-0.3, -0.25) is 0 Å². The standard InChI is InChI=1S/C24H13BrS/c25-21-13-20-22-17-10-4-1-7-14(17)15-8-2-5-11-18(15)24(22)26-23(20)19-12-6-3-9-16(19)21/h1-13H. The van der Waals surface area contributed by atoms with Gasteiger partial charge in [0.2, 0.25) is 0 Å². The number of halogens is 1. The molecule has 0 radical (unpaired) electrons. The molecule has 1 heterocycles. The summed E-state index contributed by atoms with van der Waals surface area (Å²) in [6.45, 7) is 0. The van der Waals surface area contributed by atoms with Gasteiger partial charge in [-0.05, 0) is 27.6 Å². The molecule has 26 heavy (non-hydrogen) atoms. The molecular weight excluding hydrogens is 400 g/mol. The zero-order chi connectivity index (χ0) is 17.3. The Balaban J connectivity index is 2.02. The van der Waals surface area contributed by atoms with Crippen molar-refractivity contribution in [2.45, 2.75) is 0 Å². The maximum absolute atomic E-state index is 3.81. The third kappa shape index (κ3) is 1.83. The average Bonchev–Trinajstić information content (AvgIpc) is 3.08. The van der Waals surface area contributed by atoms with Gasteiger partial charge < -0.3 is 0 Å². The third-order valence-corrected chi connectivity index (χ3v) is 7.23. The summed E-state index contributed by atoms with van der Waals surface area (Å²) < 4.78 is 3.93. The van der Waals surface area contributed by atoms with Crippen LogP contribution in [-0.2, 0) is 0 Å². The fourth-order valence-electron chi connectivity index (χ4n) is 4.18. The van der Waals surface area contributed by atoms with E-state index in [1.165, 1.54) is 52.5 Å². The highest BCUT2D eigenvalue weighted by Crippen LogP contribution is 2.47. The molecule has 0 saturated heterocycles. The predicted octanol–water partition coefficient (Wildman–Crippen LogP) is 8.28. The lowest BCUT2D eigenvalue weighted by atomic mass is 9.96. The summed E-state index contributed by atoms with van der Waals surface area (Å²) in [6, 6.07) is 28.6. The van der Waals surface area contributed by atoms with Crippen molar-refractivity contribution in [2.24, 2.45) is 0 Å². The first-order chi connectivity index (χ1) is 12.8. The van der Waals surface area contributed by atoms with Gasteiger partial charge in [0.15, 0.2) is 0 Å². The van der Waals surface area contributed by atoms with Gasteiger partial charge in [-0.15, -0.1) is 11.3 Å². The maximum Gasteiger partial charge on any atom is 0.0440 e. The zero-order valence-electron chi connectivity index (χ0n) is 13.8. The largest absolute Gasteiger partial charge is 0.134 e. The van der Waals surface area contributed by atoms with E-state index in [-0.39, 0.29) is 0 Å². The highest BCUT2D eigenvalue weighted by atomic mass is 79.9. The normalized spacial score (nSPS) is 12.0. The van der Waals surface area contributed by atoms with Crippen LogP contribution in [0, 0.1) is 0 Å². The molecule has 5 aromatic carbocycles. The summed E-state index contributed by atoms with van der Waals surface area (Å²) in [6.07, 6.45) is 0. The quantitative estimate of drug-likeness (QED) is 0.220. The number of rotatable bonds is 0. The molecule has 6 aromatic rings. The first kappa shape index (κ1) is 14.7. The predicted molar refractivity (Wildman–Crippen MR) is 120 cm³/mol. The molecule has 0 N–H and O–H groups in total. The monoisotopic (exact) mass is 412 g/mol. The van der Waals surface area contributed by atoms with Gasteiger partial charge in [0.1, 0.15) is 0 Å². The highest BCUT2D eigenvalue weighted by molar-refractivity contribution is 9.10. The summed E-state index contributed by atoms with van der Waals surface area (Å²) in [7, 11) is 0. The van der Waals surface area contributed by atoms with E-state index in [4.69, 9.17) is 0 Å². The van der Waals surface area contributed by atoms with E-state index >= 15 is 0 Å². The Labute approximate surface area is 162 Å². The van der Waals surface area contributed by atoms with Gasteiger partial charge in [0.25, 0.3) is 0 Å². The Morgan fingerprint density at radius 1 is 0.500 bits per heavy atom. The molecule has 0 aliphatic heterocycles. The van der Waals surface area contributed by atoms with Crippen molar-refractivity contribution >= 4 is 79.8 Å². The molecule has 0 aliphatic carbocycles. The van der Waals surface area contributed by atoms with E-state index in [0.717, 1.165) is 4.47 Å². The van der Waals surface area contributed by atoms with Crippen LogP contribution in [-0.4, -0.2) is 0 Å². The van der Waals surface area contributed by atoms with Gasteiger partial charge in [-0.2, -0.15) is 0 Å². The van der Waals surface area contributed by atoms with E-state index in [9.17, 15) is 0 Å². The van der Waals surface area contributed by atoms with E-state index in [1.807, 2.05) is 11.3 Å². The first-order valence-electron chi connectivity index (χ1n) is 8.66. The molecule has 6 rings (SSSR count). The van der Waals surface area contributed by atoms with Gasteiger partial charge in [0.05, 0.1) is 0 Å². The van der Waals surface area contributed by atoms with E-state index in [2.05, 4.69) is 94.8 Å². The molecule has 0 bridgehead atoms. The third-order valence-electron chi connectivity index (χ3n) is 5.30. The number of benzene rings is 5. The molecule has 0 unspecified atom stereocenters. The highest BCUT2D eigenvalue weighted by Gasteiger charge is 2.16. The molecule has 0 fully saturated rings. The summed E-state index contributed by atoms with van der Waals surface area (Å²) in [5, 5.41) is 10.7. The fourth-order valence-corrected chi connectivity index (χ4v) is 6.13. The minimum Gasteiger partial charge on any atom is -0.134 e. The van der Waals surface area contributed by atoms with Crippen LogP contribution in [0.15, 0.2) is 83.3 Å². The summed E-state index contributed by atoms with van der Waals surface area (Å²) in [5.74, 6) is 0. The maximum atomic E-state index is 3.81. The van der Waals surface area contributed by atoms with Crippen molar-refractivity contribution in [3.63, 3.8) is 0 Å². The van der Waals surface area contributed by atoms with Crippen molar-refractivity contribution in [1.29, 1.82) is 0 Å². The molecule has 0 atom stereocenters. The number of hydrogen-bond acceptors (Lipinski definition) is 1. The minimum atomic E-state index is 1.16. The smallest absolute Gasteiger partial charge is 0.0440 e. The zero-order valence-corrected chi connectivity index (χ0v) is 16.2. The molecular formula is C24H13BrS. The number of hydrogen-bond donors (Lipinski definition) is 0. The second-order valence-electron chi connectivity index (χ2n) is 6.68. The van der Waals surface area contributed by atoms with Crippen LogP contribution in [0.2, 0.25) is 0 Å². The molecule has 122 valence electrons. The van der Waals surface area contributed by atoms with Crippen LogP contribution >= 0.6 is 27.3 Å². The van der Waals surface area contributed by atoms with Gasteiger partial charge in [-0.25, -0.2) is 0 Å². The van der Waals surface area contributed by atoms with Crippen molar-refractivity contribution in [1.82, 2.24) is 0 Å². The van der Waals surface area contributed by atoms with Crippen molar-refractivity contribution in [2.75, 3.05) is 0 Å². The van der Waals surface area contributed by atoms with Crippen LogP contribution in [0.4, 0.5) is 0 Å². The van der Waals surface area contributed by atoms with E-state index in [0.29, 0.717) is 0 Å². The molecule has 0 aliphatic rings. The van der Waals surface area contributed by atoms with Crippen LogP contribution in [0.25, 0.3) is 52.5 Å². The van der Waals surface area contributed by atoms with Crippen molar-refractivity contribution in [3.8, 4) is 0 Å². The lowest BCUT2D eigenvalue weighted by Crippen LogP contribution is -1.80. The van der Waals surface area contributed by atoms with Gasteiger partial charge >= 0.3 is 0 Å². The average molecular weight is 413 g/mol. The van der Waals surface area contributed by atoms with E-state index < -0.39 is 0 Å². The van der Waals surface area contributed by atoms with Gasteiger partial charge in [-0.1, -0.05) is 88.7 Å². The Bertz CT molecular complexity index is 1490. The SMILES string of the molecule is Brc1cc2c(sc3c4ccccc4c4ccccc4c23)c2ccccc12. The molecule has 0 nitrogen and oxygen atoms in total. The molecule has 1 aromatic heterocycles. The van der Waals surface area contributed by atoms with Crippen molar-refractivity contribution < 1.29 is 0 Å². The Kier molecular flexibility index (Phi) is 3.00. The Morgan fingerprint density at radius 3 is 1.69 bits per heavy atom. The topological polar surface area (TPSA) is 0 Å². The molecule has 0 amide bonds. The molecule has 2 heteroatoms. The Morgan fingerprint density at radius 2 is 1.00 bits per heavy atom. The number of thiophene rings is 1. The lowest BCUT2D eigenvalue weighted by Gasteiger charge is -2.07. The fraction of sp³-hybridized carbons (Fsp3) is 0. The lowest BCUT2D eigenvalue weighted by molar-refractivity contribution is 1.78. The van der Waals surface area contributed by atoms with E-state index in [1.54, 1.807) is 0 Å². The second kappa shape index (κ2) is 5.29. The van der Waals surface area contributed by atoms with Crippen LogP contribution in [0.3, 0.4) is 0 Å². The molecule has 0 spiro atoms. The minimum absolute atomic E-state index is 1.16. The first-order valence-corrected chi connectivity index (χ1v) is 10.3. The molecule has 0 saturated carbocycles. The van der Waals surface area contributed by atoms with Crippen LogP contribution in [0.5, 0.6) is 0 Å². The second-order valence-corrected chi connectivity index (χ2v) is 8.55.